The Kier molecular flexibility index (Phi) is 3.57. The zero-order valence-electron chi connectivity index (χ0n) is 10.1. The molecule has 0 saturated carbocycles. The number of benzene rings is 2. The second-order valence-corrected chi connectivity index (χ2v) is 4.21. The summed E-state index contributed by atoms with van der Waals surface area (Å²) in [7, 11) is 0. The van der Waals surface area contributed by atoms with Crippen LogP contribution in [0.25, 0.3) is 11.1 Å². The molecule has 0 unspecified atom stereocenters. The van der Waals surface area contributed by atoms with Gasteiger partial charge in [0.2, 0.25) is 0 Å². The van der Waals surface area contributed by atoms with Gasteiger partial charge < -0.3 is 11.5 Å². The second kappa shape index (κ2) is 5.13. The lowest BCUT2D eigenvalue weighted by molar-refractivity contribution is 1.05. The van der Waals surface area contributed by atoms with Gasteiger partial charge in [-0.3, -0.25) is 0 Å². The molecule has 0 spiro atoms. The van der Waals surface area contributed by atoms with Crippen molar-refractivity contribution in [3.05, 3.63) is 59.2 Å². The molecule has 0 radical (unpaired) electrons. The fraction of sp³-hybridized carbons (Fsp3) is 0.200. The molecule has 0 fully saturated rings. The molecule has 0 saturated heterocycles. The molecule has 0 aliphatic heterocycles. The maximum absolute atomic E-state index is 5.76. The summed E-state index contributed by atoms with van der Waals surface area (Å²) in [5.41, 5.74) is 17.5. The molecule has 0 amide bonds. The van der Waals surface area contributed by atoms with Crippen molar-refractivity contribution in [1.82, 2.24) is 0 Å². The van der Waals surface area contributed by atoms with Gasteiger partial charge in [0.25, 0.3) is 0 Å². The van der Waals surface area contributed by atoms with Crippen LogP contribution in [0.5, 0.6) is 0 Å². The van der Waals surface area contributed by atoms with Crippen LogP contribution < -0.4 is 11.5 Å². The molecule has 2 nitrogen and oxygen atoms in total. The fourth-order valence-electron chi connectivity index (χ4n) is 2.07. The summed E-state index contributed by atoms with van der Waals surface area (Å²) in [4.78, 5) is 0. The normalized spacial score (nSPS) is 10.5. The summed E-state index contributed by atoms with van der Waals surface area (Å²) in [5.74, 6) is 0. The first-order valence-electron chi connectivity index (χ1n) is 5.84. The SMILES string of the molecule is Cc1cc(-c2ccccc2CN)ccc1CN. The predicted molar refractivity (Wildman–Crippen MR) is 72.4 cm³/mol. The smallest absolute Gasteiger partial charge is 0.0184 e. The third kappa shape index (κ3) is 2.38. The van der Waals surface area contributed by atoms with Gasteiger partial charge in [0, 0.05) is 13.1 Å². The topological polar surface area (TPSA) is 52.0 Å². The Balaban J connectivity index is 2.49. The maximum Gasteiger partial charge on any atom is 0.0184 e. The quantitative estimate of drug-likeness (QED) is 0.845. The molecule has 2 rings (SSSR count). The van der Waals surface area contributed by atoms with E-state index in [1.165, 1.54) is 27.8 Å². The highest BCUT2D eigenvalue weighted by molar-refractivity contribution is 5.68. The number of aryl methyl sites for hydroxylation is 1. The van der Waals surface area contributed by atoms with Crippen LogP contribution in [0, 0.1) is 6.92 Å². The summed E-state index contributed by atoms with van der Waals surface area (Å²) >= 11 is 0. The highest BCUT2D eigenvalue weighted by Gasteiger charge is 2.04. The lowest BCUT2D eigenvalue weighted by atomic mass is 9.96. The van der Waals surface area contributed by atoms with Crippen LogP contribution in [-0.2, 0) is 13.1 Å². The van der Waals surface area contributed by atoms with Gasteiger partial charge in [0.15, 0.2) is 0 Å². The molecule has 0 aromatic heterocycles. The van der Waals surface area contributed by atoms with Crippen molar-refractivity contribution in [3.8, 4) is 11.1 Å². The Labute approximate surface area is 102 Å². The van der Waals surface area contributed by atoms with Crippen LogP contribution in [0.3, 0.4) is 0 Å². The Morgan fingerprint density at radius 2 is 1.59 bits per heavy atom. The highest BCUT2D eigenvalue weighted by Crippen LogP contribution is 2.25. The molecular formula is C15H18N2. The van der Waals surface area contributed by atoms with Crippen LogP contribution >= 0.6 is 0 Å². The van der Waals surface area contributed by atoms with Crippen molar-refractivity contribution < 1.29 is 0 Å². The largest absolute Gasteiger partial charge is 0.326 e. The Hall–Kier alpha value is -1.64. The van der Waals surface area contributed by atoms with E-state index < -0.39 is 0 Å². The fourth-order valence-corrected chi connectivity index (χ4v) is 2.07. The molecule has 0 heterocycles. The molecule has 0 atom stereocenters. The van der Waals surface area contributed by atoms with Crippen LogP contribution in [0.2, 0.25) is 0 Å². The average Bonchev–Trinajstić information content (AvgIpc) is 2.38. The third-order valence-electron chi connectivity index (χ3n) is 3.11. The molecule has 2 heteroatoms. The zero-order chi connectivity index (χ0) is 12.3. The van der Waals surface area contributed by atoms with Crippen molar-refractivity contribution in [2.24, 2.45) is 11.5 Å². The second-order valence-electron chi connectivity index (χ2n) is 4.21. The summed E-state index contributed by atoms with van der Waals surface area (Å²) in [6.07, 6.45) is 0. The monoisotopic (exact) mass is 226 g/mol. The lowest BCUT2D eigenvalue weighted by Gasteiger charge is -2.10. The number of nitrogens with two attached hydrogens (primary N) is 2. The van der Waals surface area contributed by atoms with Crippen molar-refractivity contribution >= 4 is 0 Å². The summed E-state index contributed by atoms with van der Waals surface area (Å²) in [6, 6.07) is 14.6. The van der Waals surface area contributed by atoms with E-state index >= 15 is 0 Å². The van der Waals surface area contributed by atoms with Crippen LogP contribution in [0.1, 0.15) is 16.7 Å². The van der Waals surface area contributed by atoms with E-state index in [9.17, 15) is 0 Å². The van der Waals surface area contributed by atoms with Gasteiger partial charge in [0.1, 0.15) is 0 Å². The van der Waals surface area contributed by atoms with E-state index in [1.54, 1.807) is 0 Å². The minimum absolute atomic E-state index is 0.563. The van der Waals surface area contributed by atoms with E-state index in [0.717, 1.165) is 0 Å². The molecule has 2 aromatic rings. The van der Waals surface area contributed by atoms with Crippen molar-refractivity contribution in [3.63, 3.8) is 0 Å². The first-order chi connectivity index (χ1) is 8.26. The first kappa shape index (κ1) is 11.8. The average molecular weight is 226 g/mol. The molecule has 88 valence electrons. The number of hydrogen-bond donors (Lipinski definition) is 2. The number of rotatable bonds is 3. The van der Waals surface area contributed by atoms with E-state index in [1.807, 2.05) is 12.1 Å². The maximum atomic E-state index is 5.76. The molecule has 0 aliphatic carbocycles. The summed E-state index contributed by atoms with van der Waals surface area (Å²) < 4.78 is 0. The van der Waals surface area contributed by atoms with E-state index in [-0.39, 0.29) is 0 Å². The van der Waals surface area contributed by atoms with Gasteiger partial charge in [-0.1, -0.05) is 42.5 Å². The molecule has 2 aromatic carbocycles. The zero-order valence-corrected chi connectivity index (χ0v) is 10.1. The van der Waals surface area contributed by atoms with Gasteiger partial charge in [-0.2, -0.15) is 0 Å². The molecule has 17 heavy (non-hydrogen) atoms. The van der Waals surface area contributed by atoms with Crippen molar-refractivity contribution in [2.75, 3.05) is 0 Å². The van der Waals surface area contributed by atoms with Gasteiger partial charge in [0.05, 0.1) is 0 Å². The van der Waals surface area contributed by atoms with Gasteiger partial charge in [-0.15, -0.1) is 0 Å². The van der Waals surface area contributed by atoms with Gasteiger partial charge in [-0.05, 0) is 34.7 Å². The van der Waals surface area contributed by atoms with Crippen LogP contribution in [0.15, 0.2) is 42.5 Å². The minimum Gasteiger partial charge on any atom is -0.326 e. The lowest BCUT2D eigenvalue weighted by Crippen LogP contribution is -2.01. The van der Waals surface area contributed by atoms with Crippen molar-refractivity contribution in [2.45, 2.75) is 20.0 Å². The van der Waals surface area contributed by atoms with E-state index in [2.05, 4.69) is 37.3 Å². The van der Waals surface area contributed by atoms with Crippen LogP contribution in [0.4, 0.5) is 0 Å². The molecular weight excluding hydrogens is 208 g/mol. The Morgan fingerprint density at radius 1 is 0.882 bits per heavy atom. The van der Waals surface area contributed by atoms with Gasteiger partial charge >= 0.3 is 0 Å². The standard InChI is InChI=1S/C15H18N2/c1-11-8-12(6-7-13(11)9-16)15-5-3-2-4-14(15)10-17/h2-8H,9-10,16-17H2,1H3. The van der Waals surface area contributed by atoms with E-state index in [0.29, 0.717) is 13.1 Å². The third-order valence-corrected chi connectivity index (χ3v) is 3.11. The van der Waals surface area contributed by atoms with Gasteiger partial charge in [-0.25, -0.2) is 0 Å². The Bertz CT molecular complexity index is 518. The molecule has 0 aliphatic rings. The molecule has 0 bridgehead atoms. The minimum atomic E-state index is 0.563. The predicted octanol–water partition coefficient (Wildman–Crippen LogP) is 2.58. The van der Waals surface area contributed by atoms with Crippen LogP contribution in [-0.4, -0.2) is 0 Å². The summed E-state index contributed by atoms with van der Waals surface area (Å²) in [6.45, 7) is 3.25. The molecule has 4 N–H and O–H groups in total. The first-order valence-corrected chi connectivity index (χ1v) is 5.84. The summed E-state index contributed by atoms with van der Waals surface area (Å²) in [5, 5.41) is 0. The highest BCUT2D eigenvalue weighted by atomic mass is 14.5. The number of hydrogen-bond acceptors (Lipinski definition) is 2. The van der Waals surface area contributed by atoms with E-state index in [4.69, 9.17) is 11.5 Å². The Morgan fingerprint density at radius 3 is 2.24 bits per heavy atom. The van der Waals surface area contributed by atoms with Crippen molar-refractivity contribution in [1.29, 1.82) is 0 Å².